The monoisotopic (exact) mass is 412 g/mol. The molecule has 0 bridgehead atoms. The Morgan fingerprint density at radius 1 is 1.36 bits per heavy atom. The number of likely N-dealkylation sites (N-methyl/N-ethyl adjacent to an activating group) is 1. The van der Waals surface area contributed by atoms with Crippen LogP contribution < -0.4 is 0 Å². The smallest absolute Gasteiger partial charge is 0.219 e. The molecule has 0 aliphatic carbocycles. The highest BCUT2D eigenvalue weighted by atomic mass is 32.2. The number of benzene rings is 1. The van der Waals surface area contributed by atoms with Crippen molar-refractivity contribution in [3.63, 3.8) is 0 Å². The van der Waals surface area contributed by atoms with E-state index in [2.05, 4.69) is 10.00 Å². The molecule has 1 aliphatic heterocycles. The Kier molecular flexibility index (Phi) is 6.69. The normalized spacial score (nSPS) is 18.2. The fourth-order valence-corrected chi connectivity index (χ4v) is 5.16. The first-order valence-electron chi connectivity index (χ1n) is 9.81. The number of likely N-dealkylation sites (tertiary alicyclic amines) is 1. The highest BCUT2D eigenvalue weighted by Gasteiger charge is 2.28. The van der Waals surface area contributed by atoms with E-state index in [0.717, 1.165) is 36.8 Å². The molecule has 0 spiro atoms. The molecule has 1 unspecified atom stereocenters. The Morgan fingerprint density at radius 2 is 2.07 bits per heavy atom. The largest absolute Gasteiger partial charge is 0.395 e. The van der Waals surface area contributed by atoms with Crippen LogP contribution in [-0.2, 0) is 10.0 Å². The number of nitrogens with zero attached hydrogens (tertiary/aromatic N) is 4. The zero-order chi connectivity index (χ0) is 20.3. The number of aromatic nitrogens is 2. The van der Waals surface area contributed by atoms with E-state index in [0.29, 0.717) is 19.6 Å². The Morgan fingerprint density at radius 3 is 2.71 bits per heavy atom. The summed E-state index contributed by atoms with van der Waals surface area (Å²) in [6.07, 6.45) is 3.54. The number of hydrogen-bond acceptors (Lipinski definition) is 5. The molecule has 1 N–H and O–H groups in total. The van der Waals surface area contributed by atoms with Gasteiger partial charge in [-0.1, -0.05) is 6.92 Å². The highest BCUT2D eigenvalue weighted by molar-refractivity contribution is 7.89. The fraction of sp³-hybridized carbons (Fsp3) is 0.632. The Labute approximate surface area is 165 Å². The molecular formula is C19H29FN4O3S. The summed E-state index contributed by atoms with van der Waals surface area (Å²) in [4.78, 5) is 2.27. The van der Waals surface area contributed by atoms with Crippen molar-refractivity contribution in [2.75, 3.05) is 39.3 Å². The van der Waals surface area contributed by atoms with Crippen molar-refractivity contribution in [3.8, 4) is 0 Å². The first kappa shape index (κ1) is 21.2. The Hall–Kier alpha value is -1.55. The first-order chi connectivity index (χ1) is 13.4. The number of aliphatic hydroxyl groups is 1. The first-order valence-corrected chi connectivity index (χ1v) is 11.3. The summed E-state index contributed by atoms with van der Waals surface area (Å²) in [5, 5.41) is 13.7. The molecule has 1 fully saturated rings. The van der Waals surface area contributed by atoms with Crippen LogP contribution in [-0.4, -0.2) is 77.1 Å². The summed E-state index contributed by atoms with van der Waals surface area (Å²) >= 11 is 0. The summed E-state index contributed by atoms with van der Waals surface area (Å²) in [6, 6.07) is 5.00. The minimum absolute atomic E-state index is 0.257. The predicted molar refractivity (Wildman–Crippen MR) is 107 cm³/mol. The zero-order valence-electron chi connectivity index (χ0n) is 16.5. The molecule has 7 nitrogen and oxygen atoms in total. The van der Waals surface area contributed by atoms with Crippen LogP contribution in [0.5, 0.6) is 0 Å². The van der Waals surface area contributed by atoms with Gasteiger partial charge in [-0.15, -0.1) is 0 Å². The molecule has 2 heterocycles. The molecule has 1 aliphatic rings. The Bertz CT molecular complexity index is 894. The van der Waals surface area contributed by atoms with E-state index in [9.17, 15) is 17.9 Å². The average molecular weight is 413 g/mol. The van der Waals surface area contributed by atoms with Gasteiger partial charge in [-0.3, -0.25) is 4.68 Å². The molecule has 9 heteroatoms. The van der Waals surface area contributed by atoms with Crippen molar-refractivity contribution in [3.05, 3.63) is 30.2 Å². The maximum atomic E-state index is 13.4. The van der Waals surface area contributed by atoms with Crippen LogP contribution in [0.15, 0.2) is 24.4 Å². The molecule has 28 heavy (non-hydrogen) atoms. The lowest BCUT2D eigenvalue weighted by molar-refractivity contribution is 0.173. The molecule has 1 saturated heterocycles. The van der Waals surface area contributed by atoms with Crippen molar-refractivity contribution in [2.45, 2.75) is 38.0 Å². The molecule has 156 valence electrons. The number of halogens is 1. The van der Waals surface area contributed by atoms with Gasteiger partial charge in [0.25, 0.3) is 0 Å². The highest BCUT2D eigenvalue weighted by Crippen LogP contribution is 2.26. The summed E-state index contributed by atoms with van der Waals surface area (Å²) < 4.78 is 41.7. The van der Waals surface area contributed by atoms with E-state index in [1.807, 2.05) is 11.6 Å². The van der Waals surface area contributed by atoms with E-state index in [4.69, 9.17) is 0 Å². The van der Waals surface area contributed by atoms with Crippen molar-refractivity contribution >= 4 is 20.9 Å². The lowest BCUT2D eigenvalue weighted by Crippen LogP contribution is -2.44. The quantitative estimate of drug-likeness (QED) is 0.716. The summed E-state index contributed by atoms with van der Waals surface area (Å²) in [5.74, 6) is -0.257. The van der Waals surface area contributed by atoms with Crippen LogP contribution in [0.1, 0.15) is 32.7 Å². The minimum Gasteiger partial charge on any atom is -0.395 e. The second-order valence-corrected chi connectivity index (χ2v) is 9.75. The topological polar surface area (TPSA) is 78.7 Å². The second-order valence-electron chi connectivity index (χ2n) is 7.39. The minimum atomic E-state index is -3.46. The second kappa shape index (κ2) is 8.86. The standard InChI is InChI=1S/C19H29FN4O3S/c1-3-23(28(26,27)15(2)14-25)11-10-22-8-6-18(7-9-22)24-19-5-4-17(20)12-16(19)13-21-24/h4-5,12-13,15,18,25H,3,6-11,14H2,1-2H3. The van der Waals surface area contributed by atoms with Crippen molar-refractivity contribution in [2.24, 2.45) is 0 Å². The maximum absolute atomic E-state index is 13.4. The van der Waals surface area contributed by atoms with Crippen LogP contribution in [0.2, 0.25) is 0 Å². The van der Waals surface area contributed by atoms with Gasteiger partial charge in [0.2, 0.25) is 10.0 Å². The van der Waals surface area contributed by atoms with Gasteiger partial charge in [0.15, 0.2) is 0 Å². The Balaban J connectivity index is 1.56. The number of rotatable bonds is 8. The number of sulfonamides is 1. The molecule has 1 aromatic carbocycles. The van der Waals surface area contributed by atoms with Gasteiger partial charge in [0, 0.05) is 38.1 Å². The van der Waals surface area contributed by atoms with Crippen molar-refractivity contribution in [1.29, 1.82) is 0 Å². The van der Waals surface area contributed by atoms with Crippen LogP contribution in [0.3, 0.4) is 0 Å². The van der Waals surface area contributed by atoms with Gasteiger partial charge in [-0.05, 0) is 38.0 Å². The van der Waals surface area contributed by atoms with Gasteiger partial charge < -0.3 is 10.0 Å². The van der Waals surface area contributed by atoms with E-state index >= 15 is 0 Å². The van der Waals surface area contributed by atoms with Crippen LogP contribution >= 0.6 is 0 Å². The molecule has 1 aromatic heterocycles. The van der Waals surface area contributed by atoms with E-state index in [-0.39, 0.29) is 18.5 Å². The molecule has 3 rings (SSSR count). The van der Waals surface area contributed by atoms with Crippen molar-refractivity contribution < 1.29 is 17.9 Å². The number of aliphatic hydroxyl groups excluding tert-OH is 1. The third kappa shape index (κ3) is 4.37. The third-order valence-corrected chi connectivity index (χ3v) is 7.93. The molecule has 0 radical (unpaired) electrons. The van der Waals surface area contributed by atoms with E-state index in [1.165, 1.54) is 23.4 Å². The van der Waals surface area contributed by atoms with Gasteiger partial charge in [-0.2, -0.15) is 5.10 Å². The van der Waals surface area contributed by atoms with E-state index < -0.39 is 15.3 Å². The maximum Gasteiger partial charge on any atom is 0.219 e. The van der Waals surface area contributed by atoms with Gasteiger partial charge >= 0.3 is 0 Å². The lowest BCUT2D eigenvalue weighted by Gasteiger charge is -2.34. The van der Waals surface area contributed by atoms with Crippen LogP contribution in [0.25, 0.3) is 10.9 Å². The van der Waals surface area contributed by atoms with E-state index in [1.54, 1.807) is 12.3 Å². The summed E-state index contributed by atoms with van der Waals surface area (Å²) in [6.45, 7) is 6.20. The number of hydrogen-bond donors (Lipinski definition) is 1. The zero-order valence-corrected chi connectivity index (χ0v) is 17.3. The van der Waals surface area contributed by atoms with Crippen LogP contribution in [0, 0.1) is 5.82 Å². The SMILES string of the molecule is CCN(CCN1CCC(n2ncc3cc(F)ccc32)CC1)S(=O)(=O)C(C)CO. The summed E-state index contributed by atoms with van der Waals surface area (Å²) in [7, 11) is -3.46. The van der Waals surface area contributed by atoms with Gasteiger partial charge in [0.05, 0.1) is 29.6 Å². The number of piperidine rings is 1. The average Bonchev–Trinajstić information content (AvgIpc) is 3.11. The lowest BCUT2D eigenvalue weighted by atomic mass is 10.0. The predicted octanol–water partition coefficient (Wildman–Crippen LogP) is 1.84. The molecular weight excluding hydrogens is 383 g/mol. The fourth-order valence-electron chi connectivity index (χ4n) is 3.77. The molecule has 2 aromatic rings. The van der Waals surface area contributed by atoms with Gasteiger partial charge in [0.1, 0.15) is 5.82 Å². The molecule has 1 atom stereocenters. The summed E-state index contributed by atoms with van der Waals surface area (Å²) in [5.41, 5.74) is 0.945. The van der Waals surface area contributed by atoms with Gasteiger partial charge in [-0.25, -0.2) is 17.1 Å². The molecule has 0 saturated carbocycles. The third-order valence-electron chi connectivity index (χ3n) is 5.60. The van der Waals surface area contributed by atoms with Crippen LogP contribution in [0.4, 0.5) is 4.39 Å². The van der Waals surface area contributed by atoms with Crippen molar-refractivity contribution in [1.82, 2.24) is 19.0 Å². The molecule has 0 amide bonds. The number of fused-ring (bicyclic) bond motifs is 1.